The number of halogens is 2. The van der Waals surface area contributed by atoms with Crippen molar-refractivity contribution < 1.29 is 26.2 Å². The van der Waals surface area contributed by atoms with E-state index >= 15 is 0 Å². The topological polar surface area (TPSA) is 0 Å². The Kier molecular flexibility index (Phi) is 13.4. The normalized spacial score (nSPS) is 8.25. The van der Waals surface area contributed by atoms with Gasteiger partial charge in [-0.3, -0.25) is 0 Å². The van der Waals surface area contributed by atoms with E-state index in [1.807, 2.05) is 6.07 Å². The molecule has 3 aromatic carbocycles. The Balaban J connectivity index is 0. The van der Waals surface area contributed by atoms with Gasteiger partial charge in [-0.2, -0.15) is 17.5 Å². The molecule has 0 aromatic heterocycles. The Morgan fingerprint density at radius 3 is 1.95 bits per heavy atom. The van der Waals surface area contributed by atoms with Crippen LogP contribution in [0.25, 0.3) is 10.8 Å². The third-order valence-electron chi connectivity index (χ3n) is 2.80. The fraction of sp³-hybridized carbons (Fsp3) is 0.118. The maximum Gasteiger partial charge on any atom is 0 e. The van der Waals surface area contributed by atoms with Crippen LogP contribution in [-0.2, 0) is 32.6 Å². The minimum Gasteiger partial charge on any atom is -0.168 e. The van der Waals surface area contributed by atoms with E-state index in [2.05, 4.69) is 73.7 Å². The van der Waals surface area contributed by atoms with Gasteiger partial charge in [-0.15, -0.1) is 54.5 Å². The molecule has 3 rings (SSSR count). The Labute approximate surface area is 152 Å². The van der Waals surface area contributed by atoms with Gasteiger partial charge in [0, 0.05) is 26.2 Å². The number of benzene rings is 2. The first-order chi connectivity index (χ1) is 8.40. The zero-order chi connectivity index (χ0) is 11.9. The van der Waals surface area contributed by atoms with E-state index in [1.165, 1.54) is 16.3 Å². The molecule has 0 bridgehead atoms. The molecule has 0 heterocycles. The van der Waals surface area contributed by atoms with E-state index in [0.717, 1.165) is 6.42 Å². The number of hydrogen-bond donors (Lipinski definition) is 0. The first-order valence-corrected chi connectivity index (χ1v) is 6.04. The summed E-state index contributed by atoms with van der Waals surface area (Å²) >= 11 is 0. The molecule has 0 amide bonds. The van der Waals surface area contributed by atoms with Gasteiger partial charge in [0.25, 0.3) is 0 Å². The average molecular weight is 385 g/mol. The molecule has 0 aliphatic rings. The van der Waals surface area contributed by atoms with Gasteiger partial charge >= 0.3 is 0 Å². The molecule has 0 saturated carbocycles. The van der Waals surface area contributed by atoms with E-state index in [1.54, 1.807) is 0 Å². The Bertz CT molecular complexity index is 531. The van der Waals surface area contributed by atoms with E-state index < -0.39 is 0 Å². The van der Waals surface area contributed by atoms with E-state index in [9.17, 15) is 0 Å². The predicted molar refractivity (Wildman–Crippen MR) is 89.9 cm³/mol. The molecule has 0 N–H and O–H groups in total. The summed E-state index contributed by atoms with van der Waals surface area (Å²) in [4.78, 5) is 0. The molecule has 0 aliphatic heterocycles. The van der Waals surface area contributed by atoms with Crippen molar-refractivity contribution in [2.75, 3.05) is 0 Å². The Morgan fingerprint density at radius 1 is 0.800 bits per heavy atom. The molecule has 0 fully saturated rings. The minimum atomic E-state index is 0. The monoisotopic (exact) mass is 383 g/mol. The van der Waals surface area contributed by atoms with Gasteiger partial charge in [-0.25, -0.2) is 0 Å². The van der Waals surface area contributed by atoms with Crippen molar-refractivity contribution >= 4 is 35.6 Å². The molecule has 106 valence electrons. The number of hydrogen-bond acceptors (Lipinski definition) is 0. The number of rotatable bonds is 1. The Morgan fingerprint density at radius 2 is 1.40 bits per heavy atom. The van der Waals surface area contributed by atoms with Crippen LogP contribution in [0.15, 0.2) is 72.8 Å². The van der Waals surface area contributed by atoms with Crippen LogP contribution in [0, 0.1) is 0 Å². The van der Waals surface area contributed by atoms with Gasteiger partial charge < -0.3 is 0 Å². The van der Waals surface area contributed by atoms with E-state index in [4.69, 9.17) is 0 Å². The van der Waals surface area contributed by atoms with Crippen LogP contribution < -0.4 is 0 Å². The summed E-state index contributed by atoms with van der Waals surface area (Å²) in [5, 5.41) is 2.66. The van der Waals surface area contributed by atoms with Gasteiger partial charge in [0.15, 0.2) is 0 Å². The van der Waals surface area contributed by atoms with Gasteiger partial charge in [0.05, 0.1) is 0 Å². The van der Waals surface area contributed by atoms with Crippen LogP contribution >= 0.6 is 24.8 Å². The quantitative estimate of drug-likeness (QED) is 0.475. The summed E-state index contributed by atoms with van der Waals surface area (Å²) < 4.78 is 0. The maximum absolute atomic E-state index is 2.16. The van der Waals surface area contributed by atoms with Crippen LogP contribution in [-0.4, -0.2) is 0 Å². The fourth-order valence-electron chi connectivity index (χ4n) is 1.78. The van der Waals surface area contributed by atoms with Crippen molar-refractivity contribution in [3.05, 3.63) is 78.4 Å². The van der Waals surface area contributed by atoms with Crippen molar-refractivity contribution in [2.45, 2.75) is 13.3 Å². The third-order valence-corrected chi connectivity index (χ3v) is 2.80. The molecule has 3 heteroatoms. The van der Waals surface area contributed by atoms with E-state index in [0.29, 0.717) is 0 Å². The summed E-state index contributed by atoms with van der Waals surface area (Å²) in [5.41, 5.74) is 1.41. The second kappa shape index (κ2) is 12.3. The van der Waals surface area contributed by atoms with Crippen molar-refractivity contribution in [3.63, 3.8) is 0 Å². The summed E-state index contributed by atoms with van der Waals surface area (Å²) in [5.74, 6) is 0. The van der Waals surface area contributed by atoms with Crippen molar-refractivity contribution in [1.29, 1.82) is 0 Å². The summed E-state index contributed by atoms with van der Waals surface area (Å²) in [6.45, 7) is 2.16. The molecular weight excluding hydrogens is 366 g/mol. The first-order valence-electron chi connectivity index (χ1n) is 6.04. The molecule has 0 spiro atoms. The summed E-state index contributed by atoms with van der Waals surface area (Å²) in [6, 6.07) is 25.1. The standard InChI is InChI=1S/C9H7.C8H10.2ClH.Zr/c1-2-5-9-7-3-6-8(9)4-1;1-2-8-6-4-3-5-7-8;;;/h1-7H;3-7H,2H2,1H3;2*1H;/q-1;;;;. The first kappa shape index (κ1) is 21.8. The molecule has 0 saturated heterocycles. The van der Waals surface area contributed by atoms with E-state index in [-0.39, 0.29) is 51.0 Å². The number of fused-ring (bicyclic) bond motifs is 1. The van der Waals surface area contributed by atoms with Gasteiger partial charge in [-0.05, 0) is 12.0 Å². The van der Waals surface area contributed by atoms with Crippen LogP contribution in [0.5, 0.6) is 0 Å². The molecule has 0 unspecified atom stereocenters. The molecular formula is C17H19Cl2Zr-. The molecule has 20 heavy (non-hydrogen) atoms. The van der Waals surface area contributed by atoms with Crippen molar-refractivity contribution in [3.8, 4) is 0 Å². The van der Waals surface area contributed by atoms with Gasteiger partial charge in [0.1, 0.15) is 0 Å². The number of aryl methyl sites for hydroxylation is 1. The molecule has 3 aromatic rings. The smallest absolute Gasteiger partial charge is 0 e. The molecule has 0 atom stereocenters. The third kappa shape index (κ3) is 6.79. The summed E-state index contributed by atoms with van der Waals surface area (Å²) in [6.07, 6.45) is 1.14. The zero-order valence-electron chi connectivity index (χ0n) is 11.5. The fourth-order valence-corrected chi connectivity index (χ4v) is 1.78. The molecule has 0 radical (unpaired) electrons. The Hall–Kier alpha value is -0.487. The van der Waals surface area contributed by atoms with Gasteiger partial charge in [-0.1, -0.05) is 43.3 Å². The largest absolute Gasteiger partial charge is 0.168 e. The summed E-state index contributed by atoms with van der Waals surface area (Å²) in [7, 11) is 0. The zero-order valence-corrected chi connectivity index (χ0v) is 15.5. The van der Waals surface area contributed by atoms with Gasteiger partial charge in [0.2, 0.25) is 0 Å². The van der Waals surface area contributed by atoms with Crippen LogP contribution in [0.3, 0.4) is 0 Å². The molecule has 0 nitrogen and oxygen atoms in total. The van der Waals surface area contributed by atoms with Crippen molar-refractivity contribution in [1.82, 2.24) is 0 Å². The minimum absolute atomic E-state index is 0. The average Bonchev–Trinajstić information content (AvgIpc) is 2.89. The SMILES string of the molecule is CCc1ccccc1.Cl.Cl.[Zr].c1ccc2[cH-]ccc2c1. The second-order valence-electron chi connectivity index (χ2n) is 3.99. The maximum atomic E-state index is 2.16. The van der Waals surface area contributed by atoms with Crippen LogP contribution in [0.1, 0.15) is 12.5 Å². The molecule has 0 aliphatic carbocycles. The van der Waals surface area contributed by atoms with Crippen molar-refractivity contribution in [2.24, 2.45) is 0 Å². The van der Waals surface area contributed by atoms with Crippen LogP contribution in [0.2, 0.25) is 0 Å². The van der Waals surface area contributed by atoms with Crippen LogP contribution in [0.4, 0.5) is 0 Å². The second-order valence-corrected chi connectivity index (χ2v) is 3.99. The predicted octanol–water partition coefficient (Wildman–Crippen LogP) is 5.65.